The molecule has 2 aromatic carbocycles. The Hall–Kier alpha value is -2.57. The van der Waals surface area contributed by atoms with Gasteiger partial charge in [0.25, 0.3) is 0 Å². The normalized spacial score (nSPS) is 22.7. The number of anilines is 1. The molecule has 6 nitrogen and oxygen atoms in total. The van der Waals surface area contributed by atoms with Gasteiger partial charge in [-0.15, -0.1) is 0 Å². The van der Waals surface area contributed by atoms with Crippen LogP contribution in [0.15, 0.2) is 48.5 Å². The molecule has 154 valence electrons. The zero-order valence-electron chi connectivity index (χ0n) is 17.0. The molecule has 4 rings (SSSR count). The minimum absolute atomic E-state index is 0.0509. The lowest BCUT2D eigenvalue weighted by molar-refractivity contribution is -0.130. The number of carbonyl (C=O) groups excluding carboxylic acids is 1. The first-order valence-corrected chi connectivity index (χ1v) is 10.0. The first kappa shape index (κ1) is 19.7. The number of nitrogens with one attached hydrogen (secondary N) is 1. The summed E-state index contributed by atoms with van der Waals surface area (Å²) in [4.78, 5) is 14.9. The van der Waals surface area contributed by atoms with Crippen LogP contribution >= 0.6 is 0 Å². The number of ether oxygens (including phenoxy) is 3. The maximum atomic E-state index is 12.5. The molecule has 2 heterocycles. The van der Waals surface area contributed by atoms with Crippen molar-refractivity contribution in [3.63, 3.8) is 0 Å². The average Bonchev–Trinajstić information content (AvgIpc) is 3.31. The van der Waals surface area contributed by atoms with E-state index in [2.05, 4.69) is 46.6 Å². The standard InChI is InChI=1S/C23H28N2O4/c1-27-12-11-24-22(26)21-13-23(16-29-21)15-25(20-6-4-3-5-19(20)23)14-17-7-9-18(28-2)10-8-17/h3-10,21H,11-16H2,1-2H3,(H,24,26). The minimum Gasteiger partial charge on any atom is -0.497 e. The molecule has 1 N–H and O–H groups in total. The van der Waals surface area contributed by atoms with Crippen LogP contribution in [0.3, 0.4) is 0 Å². The SMILES string of the molecule is COCCNC(=O)C1CC2(CO1)CN(Cc1ccc(OC)cc1)c1ccccc12. The quantitative estimate of drug-likeness (QED) is 0.729. The number of carbonyl (C=O) groups is 1. The average molecular weight is 396 g/mol. The number of nitrogens with zero attached hydrogens (tertiary/aromatic N) is 1. The van der Waals surface area contributed by atoms with Crippen molar-refractivity contribution in [1.29, 1.82) is 0 Å². The molecule has 1 amide bonds. The summed E-state index contributed by atoms with van der Waals surface area (Å²) < 4.78 is 16.2. The monoisotopic (exact) mass is 396 g/mol. The second kappa shape index (κ2) is 8.43. The molecular weight excluding hydrogens is 368 g/mol. The van der Waals surface area contributed by atoms with Crippen LogP contribution in [0.5, 0.6) is 5.75 Å². The van der Waals surface area contributed by atoms with E-state index in [1.807, 2.05) is 12.1 Å². The summed E-state index contributed by atoms with van der Waals surface area (Å²) in [7, 11) is 3.30. The van der Waals surface area contributed by atoms with Gasteiger partial charge in [0.2, 0.25) is 5.91 Å². The summed E-state index contributed by atoms with van der Waals surface area (Å²) in [6, 6.07) is 16.7. The Kier molecular flexibility index (Phi) is 5.74. The van der Waals surface area contributed by atoms with E-state index in [9.17, 15) is 4.79 Å². The van der Waals surface area contributed by atoms with E-state index in [1.165, 1.54) is 16.8 Å². The van der Waals surface area contributed by atoms with Crippen LogP contribution < -0.4 is 15.0 Å². The number of hydrogen-bond donors (Lipinski definition) is 1. The van der Waals surface area contributed by atoms with Gasteiger partial charge in [0, 0.05) is 37.8 Å². The zero-order valence-corrected chi connectivity index (χ0v) is 17.0. The van der Waals surface area contributed by atoms with Gasteiger partial charge < -0.3 is 24.4 Å². The maximum Gasteiger partial charge on any atom is 0.249 e. The minimum atomic E-state index is -0.416. The van der Waals surface area contributed by atoms with Crippen molar-refractivity contribution in [2.24, 2.45) is 0 Å². The first-order chi connectivity index (χ1) is 14.1. The topological polar surface area (TPSA) is 60.0 Å². The summed E-state index contributed by atoms with van der Waals surface area (Å²) in [6.45, 7) is 3.23. The fraction of sp³-hybridized carbons (Fsp3) is 0.435. The van der Waals surface area contributed by atoms with E-state index in [0.29, 0.717) is 26.2 Å². The number of hydrogen-bond acceptors (Lipinski definition) is 5. The fourth-order valence-corrected chi connectivity index (χ4v) is 4.42. The number of methoxy groups -OCH3 is 2. The molecule has 0 saturated carbocycles. The van der Waals surface area contributed by atoms with Gasteiger partial charge >= 0.3 is 0 Å². The highest BCUT2D eigenvalue weighted by Crippen LogP contribution is 2.47. The van der Waals surface area contributed by atoms with Crippen LogP contribution in [-0.2, 0) is 26.2 Å². The van der Waals surface area contributed by atoms with Crippen LogP contribution in [0, 0.1) is 0 Å². The molecule has 29 heavy (non-hydrogen) atoms. The fourth-order valence-electron chi connectivity index (χ4n) is 4.42. The summed E-state index contributed by atoms with van der Waals surface area (Å²) in [5.41, 5.74) is 3.59. The molecule has 1 saturated heterocycles. The van der Waals surface area contributed by atoms with E-state index in [4.69, 9.17) is 14.2 Å². The third-order valence-electron chi connectivity index (χ3n) is 5.88. The Balaban J connectivity index is 1.50. The molecule has 0 aliphatic carbocycles. The van der Waals surface area contributed by atoms with Gasteiger partial charge in [-0.25, -0.2) is 0 Å². The highest BCUT2D eigenvalue weighted by atomic mass is 16.5. The lowest BCUT2D eigenvalue weighted by Crippen LogP contribution is -2.38. The Bertz CT molecular complexity index is 854. The molecule has 0 bridgehead atoms. The van der Waals surface area contributed by atoms with Crippen molar-refractivity contribution in [2.75, 3.05) is 45.4 Å². The van der Waals surface area contributed by atoms with Crippen molar-refractivity contribution in [2.45, 2.75) is 24.5 Å². The summed E-state index contributed by atoms with van der Waals surface area (Å²) in [5, 5.41) is 2.90. The first-order valence-electron chi connectivity index (χ1n) is 10.0. The van der Waals surface area contributed by atoms with Crippen LogP contribution in [0.25, 0.3) is 0 Å². The van der Waals surface area contributed by atoms with E-state index < -0.39 is 6.10 Å². The van der Waals surface area contributed by atoms with Gasteiger partial charge in [-0.1, -0.05) is 30.3 Å². The van der Waals surface area contributed by atoms with Gasteiger partial charge in [0.1, 0.15) is 11.9 Å². The van der Waals surface area contributed by atoms with Crippen molar-refractivity contribution in [3.05, 3.63) is 59.7 Å². The van der Waals surface area contributed by atoms with E-state index >= 15 is 0 Å². The second-order valence-corrected chi connectivity index (χ2v) is 7.79. The zero-order chi connectivity index (χ0) is 20.3. The lowest BCUT2D eigenvalue weighted by Gasteiger charge is -2.24. The Morgan fingerprint density at radius 3 is 2.76 bits per heavy atom. The molecule has 0 radical (unpaired) electrons. The van der Waals surface area contributed by atoms with Crippen LogP contribution in [0.1, 0.15) is 17.5 Å². The molecule has 6 heteroatoms. The molecule has 2 aromatic rings. The molecular formula is C23H28N2O4. The highest BCUT2D eigenvalue weighted by Gasteiger charge is 2.50. The van der Waals surface area contributed by atoms with Gasteiger partial charge in [0.15, 0.2) is 0 Å². The third kappa shape index (κ3) is 3.95. The van der Waals surface area contributed by atoms with E-state index in [-0.39, 0.29) is 11.3 Å². The maximum absolute atomic E-state index is 12.5. The smallest absolute Gasteiger partial charge is 0.249 e. The molecule has 2 aliphatic rings. The number of rotatable bonds is 7. The Morgan fingerprint density at radius 1 is 1.21 bits per heavy atom. The molecule has 1 fully saturated rings. The van der Waals surface area contributed by atoms with Gasteiger partial charge in [-0.05, 0) is 35.7 Å². The van der Waals surface area contributed by atoms with Crippen molar-refractivity contribution < 1.29 is 19.0 Å². The highest BCUT2D eigenvalue weighted by molar-refractivity contribution is 5.81. The number of para-hydroxylation sites is 1. The summed E-state index contributed by atoms with van der Waals surface area (Å²) in [5.74, 6) is 0.809. The number of benzene rings is 2. The van der Waals surface area contributed by atoms with E-state index in [0.717, 1.165) is 18.8 Å². The molecule has 0 aromatic heterocycles. The summed E-state index contributed by atoms with van der Waals surface area (Å²) >= 11 is 0. The van der Waals surface area contributed by atoms with Crippen molar-refractivity contribution >= 4 is 11.6 Å². The predicted octanol–water partition coefficient (Wildman–Crippen LogP) is 2.50. The molecule has 2 aliphatic heterocycles. The predicted molar refractivity (Wildman–Crippen MR) is 111 cm³/mol. The van der Waals surface area contributed by atoms with Crippen molar-refractivity contribution in [1.82, 2.24) is 5.32 Å². The van der Waals surface area contributed by atoms with Crippen LogP contribution in [-0.4, -0.2) is 52.5 Å². The van der Waals surface area contributed by atoms with Gasteiger partial charge in [0.05, 0.1) is 20.3 Å². The van der Waals surface area contributed by atoms with Crippen molar-refractivity contribution in [3.8, 4) is 5.75 Å². The number of amides is 1. The Morgan fingerprint density at radius 2 is 2.00 bits per heavy atom. The number of fused-ring (bicyclic) bond motifs is 2. The summed E-state index contributed by atoms with van der Waals surface area (Å²) in [6.07, 6.45) is 0.280. The van der Waals surface area contributed by atoms with Gasteiger partial charge in [-0.3, -0.25) is 4.79 Å². The van der Waals surface area contributed by atoms with Gasteiger partial charge in [-0.2, -0.15) is 0 Å². The molecule has 1 spiro atoms. The largest absolute Gasteiger partial charge is 0.497 e. The Labute approximate surface area is 171 Å². The molecule has 2 unspecified atom stereocenters. The van der Waals surface area contributed by atoms with E-state index in [1.54, 1.807) is 14.2 Å². The third-order valence-corrected chi connectivity index (χ3v) is 5.88. The van der Waals surface area contributed by atoms with Crippen LogP contribution in [0.4, 0.5) is 5.69 Å². The lowest BCUT2D eigenvalue weighted by atomic mass is 9.80. The van der Waals surface area contributed by atoms with Crippen LogP contribution in [0.2, 0.25) is 0 Å². The molecule has 2 atom stereocenters. The second-order valence-electron chi connectivity index (χ2n) is 7.79.